The molecular weight excluding hydrogens is 264 g/mol. The van der Waals surface area contributed by atoms with Gasteiger partial charge in [0.05, 0.1) is 22.4 Å². The predicted molar refractivity (Wildman–Crippen MR) is 79.5 cm³/mol. The Kier molecular flexibility index (Phi) is 3.18. The van der Waals surface area contributed by atoms with Crippen LogP contribution in [0.2, 0.25) is 5.02 Å². The average molecular weight is 279 g/mol. The highest BCUT2D eigenvalue weighted by Crippen LogP contribution is 2.38. The number of hydrogen-bond donors (Lipinski definition) is 2. The summed E-state index contributed by atoms with van der Waals surface area (Å²) in [4.78, 5) is 1.49. The molecule has 3 rings (SSSR count). The first-order chi connectivity index (χ1) is 8.75. The van der Waals surface area contributed by atoms with Gasteiger partial charge in [0.1, 0.15) is 0 Å². The van der Waals surface area contributed by atoms with E-state index < -0.39 is 0 Å². The molecule has 18 heavy (non-hydrogen) atoms. The Balaban J connectivity index is 1.91. The van der Waals surface area contributed by atoms with Crippen LogP contribution < -0.4 is 11.1 Å². The van der Waals surface area contributed by atoms with E-state index in [0.29, 0.717) is 16.8 Å². The zero-order chi connectivity index (χ0) is 12.5. The Morgan fingerprint density at radius 3 is 3.06 bits per heavy atom. The topological polar surface area (TPSA) is 38.0 Å². The van der Waals surface area contributed by atoms with Crippen molar-refractivity contribution in [1.29, 1.82) is 0 Å². The highest BCUT2D eigenvalue weighted by Gasteiger charge is 2.22. The summed E-state index contributed by atoms with van der Waals surface area (Å²) < 4.78 is 0. The molecule has 1 atom stereocenters. The molecule has 4 heteroatoms. The third kappa shape index (κ3) is 2.08. The predicted octanol–water partition coefficient (Wildman–Crippen LogP) is 4.47. The molecule has 0 radical (unpaired) electrons. The van der Waals surface area contributed by atoms with Gasteiger partial charge in [-0.1, -0.05) is 17.7 Å². The van der Waals surface area contributed by atoms with Crippen LogP contribution in [0.5, 0.6) is 0 Å². The van der Waals surface area contributed by atoms with Crippen molar-refractivity contribution in [3.8, 4) is 0 Å². The lowest BCUT2D eigenvalue weighted by molar-refractivity contribution is 0.609. The minimum absolute atomic E-state index is 0.335. The SMILES string of the molecule is Nc1cccc(Cl)c1NC1CCCc2sccc21. The number of benzene rings is 1. The third-order valence-corrected chi connectivity index (χ3v) is 4.73. The Bertz CT molecular complexity index is 544. The van der Waals surface area contributed by atoms with Crippen molar-refractivity contribution in [2.45, 2.75) is 25.3 Å². The smallest absolute Gasteiger partial charge is 0.0767 e. The zero-order valence-corrected chi connectivity index (χ0v) is 11.5. The van der Waals surface area contributed by atoms with Crippen molar-refractivity contribution in [2.24, 2.45) is 0 Å². The number of nitrogens with one attached hydrogen (secondary N) is 1. The second-order valence-electron chi connectivity index (χ2n) is 4.59. The maximum Gasteiger partial charge on any atom is 0.0767 e. The summed E-state index contributed by atoms with van der Waals surface area (Å²) in [6.07, 6.45) is 3.55. The van der Waals surface area contributed by atoms with E-state index in [1.54, 1.807) is 0 Å². The standard InChI is InChI=1S/C14H15ClN2S/c15-10-3-1-4-11(16)14(10)17-12-5-2-6-13-9(12)7-8-18-13/h1,3-4,7-8,12,17H,2,5-6,16H2. The van der Waals surface area contributed by atoms with E-state index in [1.807, 2.05) is 29.5 Å². The Morgan fingerprint density at radius 1 is 1.33 bits per heavy atom. The van der Waals surface area contributed by atoms with Gasteiger partial charge in [-0.25, -0.2) is 0 Å². The number of fused-ring (bicyclic) bond motifs is 1. The fourth-order valence-electron chi connectivity index (χ4n) is 2.50. The van der Waals surface area contributed by atoms with Gasteiger partial charge in [0, 0.05) is 4.88 Å². The summed E-state index contributed by atoms with van der Waals surface area (Å²) in [5.74, 6) is 0. The second kappa shape index (κ2) is 4.82. The number of nitrogen functional groups attached to an aromatic ring is 1. The summed E-state index contributed by atoms with van der Waals surface area (Å²) in [6.45, 7) is 0. The third-order valence-electron chi connectivity index (χ3n) is 3.42. The highest BCUT2D eigenvalue weighted by atomic mass is 35.5. The first kappa shape index (κ1) is 11.9. The summed E-state index contributed by atoms with van der Waals surface area (Å²) in [5, 5.41) is 6.37. The fourth-order valence-corrected chi connectivity index (χ4v) is 3.73. The van der Waals surface area contributed by atoms with Gasteiger partial charge in [0.15, 0.2) is 0 Å². The van der Waals surface area contributed by atoms with Crippen LogP contribution in [-0.2, 0) is 6.42 Å². The Hall–Kier alpha value is -1.19. The van der Waals surface area contributed by atoms with Crippen molar-refractivity contribution >= 4 is 34.3 Å². The number of aryl methyl sites for hydroxylation is 1. The normalized spacial score (nSPS) is 18.4. The van der Waals surface area contributed by atoms with Crippen LogP contribution in [0.25, 0.3) is 0 Å². The molecule has 0 fully saturated rings. The van der Waals surface area contributed by atoms with Gasteiger partial charge in [0.25, 0.3) is 0 Å². The quantitative estimate of drug-likeness (QED) is 0.795. The first-order valence-electron chi connectivity index (χ1n) is 6.12. The van der Waals surface area contributed by atoms with E-state index in [4.69, 9.17) is 17.3 Å². The Labute approximate surface area is 116 Å². The van der Waals surface area contributed by atoms with E-state index in [1.165, 1.54) is 23.3 Å². The van der Waals surface area contributed by atoms with Crippen molar-refractivity contribution in [3.05, 3.63) is 45.1 Å². The molecule has 1 aliphatic rings. The number of anilines is 2. The average Bonchev–Trinajstić information content (AvgIpc) is 2.83. The molecule has 0 saturated heterocycles. The molecule has 2 nitrogen and oxygen atoms in total. The molecular formula is C14H15ClN2S. The zero-order valence-electron chi connectivity index (χ0n) is 9.95. The van der Waals surface area contributed by atoms with Crippen LogP contribution in [0, 0.1) is 0 Å². The van der Waals surface area contributed by atoms with E-state index in [-0.39, 0.29) is 0 Å². The van der Waals surface area contributed by atoms with Gasteiger partial charge in [-0.3, -0.25) is 0 Å². The molecule has 0 aliphatic heterocycles. The Morgan fingerprint density at radius 2 is 2.22 bits per heavy atom. The number of halogens is 1. The van der Waals surface area contributed by atoms with E-state index >= 15 is 0 Å². The van der Waals surface area contributed by atoms with Gasteiger partial charge in [-0.2, -0.15) is 0 Å². The number of para-hydroxylation sites is 1. The van der Waals surface area contributed by atoms with Crippen molar-refractivity contribution < 1.29 is 0 Å². The van der Waals surface area contributed by atoms with Crippen LogP contribution in [0.3, 0.4) is 0 Å². The minimum Gasteiger partial charge on any atom is -0.397 e. The molecule has 1 aliphatic carbocycles. The number of thiophene rings is 1. The number of rotatable bonds is 2. The first-order valence-corrected chi connectivity index (χ1v) is 7.38. The largest absolute Gasteiger partial charge is 0.397 e. The molecule has 0 bridgehead atoms. The molecule has 0 spiro atoms. The molecule has 1 heterocycles. The molecule has 94 valence electrons. The lowest BCUT2D eigenvalue weighted by atomic mass is 9.94. The van der Waals surface area contributed by atoms with Gasteiger partial charge in [-0.05, 0) is 48.4 Å². The van der Waals surface area contributed by atoms with Crippen molar-refractivity contribution in [3.63, 3.8) is 0 Å². The van der Waals surface area contributed by atoms with E-state index in [0.717, 1.165) is 12.1 Å². The summed E-state index contributed by atoms with van der Waals surface area (Å²) in [7, 11) is 0. The molecule has 1 unspecified atom stereocenters. The monoisotopic (exact) mass is 278 g/mol. The van der Waals surface area contributed by atoms with E-state index in [9.17, 15) is 0 Å². The van der Waals surface area contributed by atoms with Crippen molar-refractivity contribution in [1.82, 2.24) is 0 Å². The molecule has 3 N–H and O–H groups in total. The molecule has 0 saturated carbocycles. The van der Waals surface area contributed by atoms with Crippen molar-refractivity contribution in [2.75, 3.05) is 11.1 Å². The maximum atomic E-state index is 6.21. The minimum atomic E-state index is 0.335. The molecule has 1 aromatic heterocycles. The van der Waals surface area contributed by atoms with Gasteiger partial charge in [-0.15, -0.1) is 11.3 Å². The van der Waals surface area contributed by atoms with Crippen LogP contribution in [0.15, 0.2) is 29.6 Å². The van der Waals surface area contributed by atoms with Crippen LogP contribution >= 0.6 is 22.9 Å². The van der Waals surface area contributed by atoms with Gasteiger partial charge < -0.3 is 11.1 Å². The molecule has 0 amide bonds. The summed E-state index contributed by atoms with van der Waals surface area (Å²) >= 11 is 8.05. The highest BCUT2D eigenvalue weighted by molar-refractivity contribution is 7.10. The van der Waals surface area contributed by atoms with Crippen LogP contribution in [0.4, 0.5) is 11.4 Å². The lowest BCUT2D eigenvalue weighted by Gasteiger charge is -2.25. The number of hydrogen-bond acceptors (Lipinski definition) is 3. The van der Waals surface area contributed by atoms with Crippen LogP contribution in [0.1, 0.15) is 29.3 Å². The maximum absolute atomic E-state index is 6.21. The van der Waals surface area contributed by atoms with Crippen LogP contribution in [-0.4, -0.2) is 0 Å². The van der Waals surface area contributed by atoms with Gasteiger partial charge in [0.2, 0.25) is 0 Å². The number of nitrogens with two attached hydrogens (primary N) is 1. The second-order valence-corrected chi connectivity index (χ2v) is 6.00. The van der Waals surface area contributed by atoms with E-state index in [2.05, 4.69) is 16.8 Å². The molecule has 2 aromatic rings. The fraction of sp³-hybridized carbons (Fsp3) is 0.286. The molecule has 1 aromatic carbocycles. The summed E-state index contributed by atoms with van der Waals surface area (Å²) in [5.41, 5.74) is 8.97. The summed E-state index contributed by atoms with van der Waals surface area (Å²) in [6, 6.07) is 8.18. The van der Waals surface area contributed by atoms with Gasteiger partial charge >= 0.3 is 0 Å². The lowest BCUT2D eigenvalue weighted by Crippen LogP contribution is -2.16.